The van der Waals surface area contributed by atoms with Gasteiger partial charge in [-0.2, -0.15) is 0 Å². The lowest BCUT2D eigenvalue weighted by Crippen LogP contribution is -2.10. The number of hydrogen-bond acceptors (Lipinski definition) is 1. The fraction of sp³-hybridized carbons (Fsp3) is 0.143. The molecule has 0 N–H and O–H groups in total. The van der Waals surface area contributed by atoms with Crippen LogP contribution in [0, 0.1) is 0 Å². The minimum absolute atomic E-state index is 1.03. The van der Waals surface area contributed by atoms with Crippen LogP contribution >= 0.6 is 0 Å². The summed E-state index contributed by atoms with van der Waals surface area (Å²) < 4.78 is 0. The van der Waals surface area contributed by atoms with Gasteiger partial charge in [-0.1, -0.05) is 80.6 Å². The molecule has 0 atom stereocenters. The van der Waals surface area contributed by atoms with Crippen molar-refractivity contribution in [3.8, 4) is 11.1 Å². The quantitative estimate of drug-likeness (QED) is 0.329. The molecule has 0 bridgehead atoms. The lowest BCUT2D eigenvalue weighted by Gasteiger charge is -2.26. The highest BCUT2D eigenvalue weighted by molar-refractivity contribution is 5.78. The number of rotatable bonds is 6. The fourth-order valence-electron chi connectivity index (χ4n) is 3.71. The van der Waals surface area contributed by atoms with Crippen molar-refractivity contribution in [3.05, 3.63) is 114 Å². The van der Waals surface area contributed by atoms with Gasteiger partial charge in [-0.3, -0.25) is 0 Å². The molecule has 0 unspecified atom stereocenters. The van der Waals surface area contributed by atoms with Crippen molar-refractivity contribution in [2.24, 2.45) is 0 Å². The summed E-state index contributed by atoms with van der Waals surface area (Å²) in [5, 5.41) is 0. The minimum Gasteiger partial charge on any atom is -0.310 e. The zero-order valence-electron chi connectivity index (χ0n) is 17.2. The van der Waals surface area contributed by atoms with Crippen molar-refractivity contribution in [3.63, 3.8) is 0 Å². The number of anilines is 3. The van der Waals surface area contributed by atoms with E-state index in [9.17, 15) is 0 Å². The summed E-state index contributed by atoms with van der Waals surface area (Å²) in [6.45, 7) is 4.41. The summed E-state index contributed by atoms with van der Waals surface area (Å²) in [6, 6.07) is 37.1. The number of hydrogen-bond donors (Lipinski definition) is 0. The molecular weight excluding hydrogens is 350 g/mol. The van der Waals surface area contributed by atoms with E-state index in [-0.39, 0.29) is 0 Å². The second-order valence-corrected chi connectivity index (χ2v) is 7.30. The SMILES string of the molecule is CCc1cccc(N(c2ccc(-c3ccccc3)cc2)c2cccc(CC)c2)c1. The van der Waals surface area contributed by atoms with Crippen LogP contribution < -0.4 is 4.90 Å². The molecule has 1 heteroatoms. The number of nitrogens with zero attached hydrogens (tertiary/aromatic N) is 1. The summed E-state index contributed by atoms with van der Waals surface area (Å²) >= 11 is 0. The summed E-state index contributed by atoms with van der Waals surface area (Å²) in [5.74, 6) is 0. The predicted octanol–water partition coefficient (Wildman–Crippen LogP) is 7.95. The summed E-state index contributed by atoms with van der Waals surface area (Å²) in [6.07, 6.45) is 2.06. The Balaban J connectivity index is 1.79. The number of aryl methyl sites for hydroxylation is 2. The van der Waals surface area contributed by atoms with E-state index in [4.69, 9.17) is 0 Å². The molecular formula is C28H27N. The molecule has 1 nitrogen and oxygen atoms in total. The zero-order chi connectivity index (χ0) is 20.1. The molecule has 0 radical (unpaired) electrons. The predicted molar refractivity (Wildman–Crippen MR) is 125 cm³/mol. The zero-order valence-corrected chi connectivity index (χ0v) is 17.2. The Morgan fingerprint density at radius 3 is 1.52 bits per heavy atom. The first-order valence-corrected chi connectivity index (χ1v) is 10.4. The molecule has 0 spiro atoms. The van der Waals surface area contributed by atoms with Gasteiger partial charge in [0, 0.05) is 17.1 Å². The Bertz CT molecular complexity index is 1020. The van der Waals surface area contributed by atoms with Crippen LogP contribution in [-0.4, -0.2) is 0 Å². The maximum absolute atomic E-state index is 2.35. The fourth-order valence-corrected chi connectivity index (χ4v) is 3.71. The van der Waals surface area contributed by atoms with Crippen molar-refractivity contribution in [1.29, 1.82) is 0 Å². The van der Waals surface area contributed by atoms with Gasteiger partial charge in [0.05, 0.1) is 0 Å². The molecule has 29 heavy (non-hydrogen) atoms. The first-order valence-electron chi connectivity index (χ1n) is 10.4. The van der Waals surface area contributed by atoms with E-state index in [1.165, 1.54) is 39.3 Å². The molecule has 0 heterocycles. The monoisotopic (exact) mass is 377 g/mol. The van der Waals surface area contributed by atoms with Gasteiger partial charge in [-0.25, -0.2) is 0 Å². The van der Waals surface area contributed by atoms with Gasteiger partial charge in [-0.15, -0.1) is 0 Å². The Hall–Kier alpha value is -3.32. The van der Waals surface area contributed by atoms with Crippen LogP contribution in [0.3, 0.4) is 0 Å². The van der Waals surface area contributed by atoms with Gasteiger partial charge in [0.1, 0.15) is 0 Å². The van der Waals surface area contributed by atoms with Crippen LogP contribution in [0.25, 0.3) is 11.1 Å². The summed E-state index contributed by atoms with van der Waals surface area (Å²) in [7, 11) is 0. The highest BCUT2D eigenvalue weighted by Gasteiger charge is 2.13. The normalized spacial score (nSPS) is 10.7. The van der Waals surface area contributed by atoms with Gasteiger partial charge in [0.2, 0.25) is 0 Å². The Morgan fingerprint density at radius 2 is 1.00 bits per heavy atom. The molecule has 0 aliphatic heterocycles. The van der Waals surface area contributed by atoms with Crippen molar-refractivity contribution in [1.82, 2.24) is 0 Å². The van der Waals surface area contributed by atoms with Gasteiger partial charge < -0.3 is 4.90 Å². The van der Waals surface area contributed by atoms with Crippen LogP contribution in [-0.2, 0) is 12.8 Å². The molecule has 4 aromatic carbocycles. The standard InChI is InChI=1S/C28H27N/c1-3-22-10-8-14-27(20-22)29(28-15-9-11-23(4-2)21-28)26-18-16-25(17-19-26)24-12-6-5-7-13-24/h5-21H,3-4H2,1-2H3. The Labute approximate surface area is 174 Å². The first-order chi connectivity index (χ1) is 14.3. The lowest BCUT2D eigenvalue weighted by atomic mass is 10.0. The first kappa shape index (κ1) is 19.0. The van der Waals surface area contributed by atoms with E-state index < -0.39 is 0 Å². The smallest absolute Gasteiger partial charge is 0.0464 e. The maximum atomic E-state index is 2.35. The van der Waals surface area contributed by atoms with Crippen molar-refractivity contribution >= 4 is 17.1 Å². The van der Waals surface area contributed by atoms with Crippen LogP contribution in [0.4, 0.5) is 17.1 Å². The highest BCUT2D eigenvalue weighted by Crippen LogP contribution is 2.36. The average molecular weight is 378 g/mol. The Kier molecular flexibility index (Phi) is 5.76. The maximum Gasteiger partial charge on any atom is 0.0464 e. The van der Waals surface area contributed by atoms with Gasteiger partial charge in [0.25, 0.3) is 0 Å². The second kappa shape index (κ2) is 8.79. The molecule has 0 fully saturated rings. The average Bonchev–Trinajstić information content (AvgIpc) is 2.80. The van der Waals surface area contributed by atoms with E-state index >= 15 is 0 Å². The summed E-state index contributed by atoms with van der Waals surface area (Å²) in [5.41, 5.74) is 8.74. The topological polar surface area (TPSA) is 3.24 Å². The molecule has 0 aliphatic rings. The van der Waals surface area contributed by atoms with Crippen LogP contribution in [0.15, 0.2) is 103 Å². The summed E-state index contributed by atoms with van der Waals surface area (Å²) in [4.78, 5) is 2.35. The third kappa shape index (κ3) is 4.25. The molecule has 0 aliphatic carbocycles. The molecule has 0 saturated heterocycles. The van der Waals surface area contributed by atoms with E-state index in [2.05, 4.69) is 122 Å². The van der Waals surface area contributed by atoms with Crippen molar-refractivity contribution in [2.45, 2.75) is 26.7 Å². The second-order valence-electron chi connectivity index (χ2n) is 7.30. The largest absolute Gasteiger partial charge is 0.310 e. The molecule has 0 saturated carbocycles. The van der Waals surface area contributed by atoms with E-state index in [1.807, 2.05) is 0 Å². The van der Waals surface area contributed by atoms with Crippen LogP contribution in [0.5, 0.6) is 0 Å². The van der Waals surface area contributed by atoms with Crippen molar-refractivity contribution in [2.75, 3.05) is 4.90 Å². The van der Waals surface area contributed by atoms with Gasteiger partial charge in [-0.05, 0) is 71.5 Å². The number of benzene rings is 4. The molecule has 144 valence electrons. The van der Waals surface area contributed by atoms with E-state index in [0.29, 0.717) is 0 Å². The third-order valence-electron chi connectivity index (χ3n) is 5.39. The minimum atomic E-state index is 1.03. The molecule has 0 amide bonds. The van der Waals surface area contributed by atoms with Gasteiger partial charge >= 0.3 is 0 Å². The van der Waals surface area contributed by atoms with Gasteiger partial charge in [0.15, 0.2) is 0 Å². The molecule has 4 aromatic rings. The lowest BCUT2D eigenvalue weighted by molar-refractivity contribution is 1.12. The molecule has 0 aromatic heterocycles. The third-order valence-corrected chi connectivity index (χ3v) is 5.39. The van der Waals surface area contributed by atoms with Crippen molar-refractivity contribution < 1.29 is 0 Å². The Morgan fingerprint density at radius 1 is 0.483 bits per heavy atom. The van der Waals surface area contributed by atoms with Crippen LogP contribution in [0.2, 0.25) is 0 Å². The molecule has 4 rings (SSSR count). The van der Waals surface area contributed by atoms with E-state index in [0.717, 1.165) is 12.8 Å². The highest BCUT2D eigenvalue weighted by atomic mass is 15.1. The van der Waals surface area contributed by atoms with E-state index in [1.54, 1.807) is 0 Å². The van der Waals surface area contributed by atoms with Crippen LogP contribution in [0.1, 0.15) is 25.0 Å².